The quantitative estimate of drug-likeness (QED) is 0.494. The maximum absolute atomic E-state index is 12.4. The van der Waals surface area contributed by atoms with Gasteiger partial charge in [0.2, 0.25) is 0 Å². The number of carbonyl (C=O) groups excluding carboxylic acids is 1. The number of hydrogen-bond acceptors (Lipinski definition) is 3. The lowest BCUT2D eigenvalue weighted by atomic mass is 9.85. The normalized spacial score (nSPS) is 12.8. The van der Waals surface area contributed by atoms with E-state index in [1.54, 1.807) is 13.0 Å². The summed E-state index contributed by atoms with van der Waals surface area (Å²) in [5, 5.41) is 14.6. The SMILES string of the molecule is Cc1cc(C(=O)NC(CCBr)C(C)(C)C)cc([N+](=O)[O-])c1. The molecule has 0 bridgehead atoms. The summed E-state index contributed by atoms with van der Waals surface area (Å²) in [6.45, 7) is 7.90. The molecule has 1 unspecified atom stereocenters. The number of nitro benzene ring substituents is 1. The van der Waals surface area contributed by atoms with Gasteiger partial charge in [0.1, 0.15) is 0 Å². The number of carbonyl (C=O) groups is 1. The standard InChI is InChI=1S/C15H21BrN2O3/c1-10-7-11(9-12(8-10)18(20)21)14(19)17-13(5-6-16)15(2,3)4/h7-9,13H,5-6H2,1-4H3,(H,17,19). The average molecular weight is 357 g/mol. The summed E-state index contributed by atoms with van der Waals surface area (Å²) in [5.41, 5.74) is 0.875. The van der Waals surface area contributed by atoms with Crippen LogP contribution in [-0.4, -0.2) is 22.2 Å². The molecule has 1 atom stereocenters. The molecule has 116 valence electrons. The number of nitrogens with one attached hydrogen (secondary N) is 1. The van der Waals surface area contributed by atoms with Crippen LogP contribution in [0.4, 0.5) is 5.69 Å². The van der Waals surface area contributed by atoms with Gasteiger partial charge in [-0.1, -0.05) is 36.7 Å². The lowest BCUT2D eigenvalue weighted by Crippen LogP contribution is -2.44. The minimum Gasteiger partial charge on any atom is -0.349 e. The van der Waals surface area contributed by atoms with Crippen molar-refractivity contribution in [3.8, 4) is 0 Å². The van der Waals surface area contributed by atoms with Crippen molar-refractivity contribution in [1.29, 1.82) is 0 Å². The molecule has 0 saturated heterocycles. The fourth-order valence-electron chi connectivity index (χ4n) is 2.07. The Balaban J connectivity index is 3.00. The third-order valence-electron chi connectivity index (χ3n) is 3.28. The van der Waals surface area contributed by atoms with Crippen LogP contribution in [0.3, 0.4) is 0 Å². The summed E-state index contributed by atoms with van der Waals surface area (Å²) in [6.07, 6.45) is 0.795. The lowest BCUT2D eigenvalue weighted by Gasteiger charge is -2.31. The summed E-state index contributed by atoms with van der Waals surface area (Å²) in [6, 6.07) is 4.42. The summed E-state index contributed by atoms with van der Waals surface area (Å²) in [5.74, 6) is -0.275. The molecule has 0 spiro atoms. The minimum atomic E-state index is -0.483. The molecule has 1 N–H and O–H groups in total. The number of non-ortho nitro benzene ring substituents is 1. The first kappa shape index (κ1) is 17.6. The highest BCUT2D eigenvalue weighted by Crippen LogP contribution is 2.23. The van der Waals surface area contributed by atoms with Crippen LogP contribution in [0.25, 0.3) is 0 Å². The molecule has 5 nitrogen and oxygen atoms in total. The first-order valence-corrected chi connectivity index (χ1v) is 7.90. The van der Waals surface area contributed by atoms with E-state index in [9.17, 15) is 14.9 Å². The second kappa shape index (κ2) is 7.02. The first-order valence-electron chi connectivity index (χ1n) is 6.78. The van der Waals surface area contributed by atoms with Crippen LogP contribution in [0.1, 0.15) is 43.1 Å². The topological polar surface area (TPSA) is 72.2 Å². The Hall–Kier alpha value is -1.43. The first-order chi connectivity index (χ1) is 9.65. The van der Waals surface area contributed by atoms with Gasteiger partial charge >= 0.3 is 0 Å². The molecule has 6 heteroatoms. The zero-order valence-corrected chi connectivity index (χ0v) is 14.4. The van der Waals surface area contributed by atoms with Gasteiger partial charge in [0.05, 0.1) is 4.92 Å². The molecule has 1 amide bonds. The number of hydrogen-bond donors (Lipinski definition) is 1. The van der Waals surface area contributed by atoms with Crippen LogP contribution in [0, 0.1) is 22.5 Å². The highest BCUT2D eigenvalue weighted by Gasteiger charge is 2.26. The number of halogens is 1. The molecule has 1 aromatic rings. The Morgan fingerprint density at radius 3 is 2.48 bits per heavy atom. The number of amides is 1. The van der Waals surface area contributed by atoms with Crippen LogP contribution in [-0.2, 0) is 0 Å². The molecule has 0 saturated carbocycles. The molecule has 0 radical (unpaired) electrons. The van der Waals surface area contributed by atoms with E-state index in [0.717, 1.165) is 11.8 Å². The Kier molecular flexibility index (Phi) is 5.89. The number of nitro groups is 1. The number of aryl methyl sites for hydroxylation is 1. The van der Waals surface area contributed by atoms with Crippen LogP contribution in [0.5, 0.6) is 0 Å². The third kappa shape index (κ3) is 5.12. The van der Waals surface area contributed by atoms with Crippen molar-refractivity contribution in [3.63, 3.8) is 0 Å². The number of benzene rings is 1. The van der Waals surface area contributed by atoms with Gasteiger partial charge in [-0.05, 0) is 30.4 Å². The van der Waals surface area contributed by atoms with Gasteiger partial charge in [0.15, 0.2) is 0 Å². The minimum absolute atomic E-state index is 0.0102. The highest BCUT2D eigenvalue weighted by atomic mass is 79.9. The number of alkyl halides is 1. The molecule has 1 aromatic carbocycles. The van der Waals surface area contributed by atoms with Crippen LogP contribution < -0.4 is 5.32 Å². The maximum atomic E-state index is 12.4. The third-order valence-corrected chi connectivity index (χ3v) is 3.74. The van der Waals surface area contributed by atoms with Crippen molar-refractivity contribution in [2.75, 3.05) is 5.33 Å². The number of nitrogens with zero attached hydrogens (tertiary/aromatic N) is 1. The van der Waals surface area contributed by atoms with Gasteiger partial charge in [-0.2, -0.15) is 0 Å². The smallest absolute Gasteiger partial charge is 0.270 e. The van der Waals surface area contributed by atoms with E-state index in [2.05, 4.69) is 42.0 Å². The van der Waals surface area contributed by atoms with Gasteiger partial charge in [0, 0.05) is 29.1 Å². The fraction of sp³-hybridized carbons (Fsp3) is 0.533. The molecule has 1 rings (SSSR count). The maximum Gasteiger partial charge on any atom is 0.270 e. The zero-order chi connectivity index (χ0) is 16.2. The lowest BCUT2D eigenvalue weighted by molar-refractivity contribution is -0.384. The number of rotatable bonds is 5. The van der Waals surface area contributed by atoms with Crippen molar-refractivity contribution in [3.05, 3.63) is 39.4 Å². The van der Waals surface area contributed by atoms with Crippen LogP contribution in [0.15, 0.2) is 18.2 Å². The van der Waals surface area contributed by atoms with E-state index in [0.29, 0.717) is 11.1 Å². The fourth-order valence-corrected chi connectivity index (χ4v) is 2.53. The second-order valence-corrected chi connectivity index (χ2v) is 6.98. The molecular weight excluding hydrogens is 336 g/mol. The Bertz CT molecular complexity index is 538. The van der Waals surface area contributed by atoms with Crippen molar-refractivity contribution < 1.29 is 9.72 Å². The van der Waals surface area contributed by atoms with Gasteiger partial charge in [-0.15, -0.1) is 0 Å². The molecule has 0 aliphatic heterocycles. The zero-order valence-electron chi connectivity index (χ0n) is 12.8. The largest absolute Gasteiger partial charge is 0.349 e. The van der Waals surface area contributed by atoms with E-state index < -0.39 is 4.92 Å². The summed E-state index contributed by atoms with van der Waals surface area (Å²) >= 11 is 3.39. The van der Waals surface area contributed by atoms with Crippen molar-refractivity contribution in [1.82, 2.24) is 5.32 Å². The van der Waals surface area contributed by atoms with Gasteiger partial charge in [-0.3, -0.25) is 14.9 Å². The van der Waals surface area contributed by atoms with E-state index in [4.69, 9.17) is 0 Å². The Morgan fingerprint density at radius 1 is 1.38 bits per heavy atom. The molecule has 0 aliphatic rings. The molecule has 21 heavy (non-hydrogen) atoms. The summed E-state index contributed by atoms with van der Waals surface area (Å²) in [7, 11) is 0. The van der Waals surface area contributed by atoms with E-state index in [1.165, 1.54) is 12.1 Å². The van der Waals surface area contributed by atoms with Gasteiger partial charge in [-0.25, -0.2) is 0 Å². The second-order valence-electron chi connectivity index (χ2n) is 6.18. The molecule has 0 heterocycles. The van der Waals surface area contributed by atoms with E-state index in [1.807, 2.05) is 0 Å². The van der Waals surface area contributed by atoms with Crippen molar-refractivity contribution >= 4 is 27.5 Å². The molecule has 0 aromatic heterocycles. The van der Waals surface area contributed by atoms with Crippen LogP contribution >= 0.6 is 15.9 Å². The average Bonchev–Trinajstić information content (AvgIpc) is 2.36. The monoisotopic (exact) mass is 356 g/mol. The molecular formula is C15H21BrN2O3. The summed E-state index contributed by atoms with van der Waals surface area (Å²) in [4.78, 5) is 22.8. The van der Waals surface area contributed by atoms with Gasteiger partial charge < -0.3 is 5.32 Å². The van der Waals surface area contributed by atoms with Crippen molar-refractivity contribution in [2.45, 2.75) is 40.2 Å². The molecule has 0 fully saturated rings. The van der Waals surface area contributed by atoms with Crippen LogP contribution in [0.2, 0.25) is 0 Å². The van der Waals surface area contributed by atoms with E-state index >= 15 is 0 Å². The Morgan fingerprint density at radius 2 is 2.00 bits per heavy atom. The van der Waals surface area contributed by atoms with Gasteiger partial charge in [0.25, 0.3) is 11.6 Å². The van der Waals surface area contributed by atoms with E-state index in [-0.39, 0.29) is 23.1 Å². The predicted molar refractivity (Wildman–Crippen MR) is 87.0 cm³/mol. The Labute approximate surface area is 133 Å². The van der Waals surface area contributed by atoms with Crippen molar-refractivity contribution in [2.24, 2.45) is 5.41 Å². The predicted octanol–water partition coefficient (Wildman–Crippen LogP) is 3.83. The molecule has 0 aliphatic carbocycles. The highest BCUT2D eigenvalue weighted by molar-refractivity contribution is 9.09. The summed E-state index contributed by atoms with van der Waals surface area (Å²) < 4.78 is 0.